The van der Waals surface area contributed by atoms with E-state index in [1.807, 2.05) is 6.07 Å². The van der Waals surface area contributed by atoms with Crippen molar-refractivity contribution in [2.75, 3.05) is 17.2 Å². The lowest BCUT2D eigenvalue weighted by molar-refractivity contribution is -0.136. The van der Waals surface area contributed by atoms with E-state index in [2.05, 4.69) is 10.6 Å². The van der Waals surface area contributed by atoms with Crippen molar-refractivity contribution in [3.8, 4) is 0 Å². The largest absolute Gasteiger partial charge is 0.481 e. The Morgan fingerprint density at radius 1 is 0.897 bits per heavy atom. The van der Waals surface area contributed by atoms with Crippen molar-refractivity contribution in [1.29, 1.82) is 0 Å². The van der Waals surface area contributed by atoms with Crippen molar-refractivity contribution < 1.29 is 19.5 Å². The fourth-order valence-electron chi connectivity index (χ4n) is 4.26. The zero-order chi connectivity index (χ0) is 20.4. The fraction of sp³-hybridized carbons (Fsp3) is 0.348. The summed E-state index contributed by atoms with van der Waals surface area (Å²) in [5.74, 6) is -1.30. The molecule has 0 atom stereocenters. The van der Waals surface area contributed by atoms with Crippen LogP contribution >= 0.6 is 0 Å². The molecule has 0 spiro atoms. The molecule has 1 saturated carbocycles. The van der Waals surface area contributed by atoms with Crippen molar-refractivity contribution >= 4 is 28.9 Å². The summed E-state index contributed by atoms with van der Waals surface area (Å²) in [5, 5.41) is 15.4. The number of ketones is 2. The molecule has 2 aromatic carbocycles. The number of carboxylic acid groups (broad SMARTS) is 1. The van der Waals surface area contributed by atoms with Gasteiger partial charge in [0.2, 0.25) is 0 Å². The monoisotopic (exact) mass is 392 g/mol. The molecule has 2 aliphatic rings. The van der Waals surface area contributed by atoms with E-state index in [0.717, 1.165) is 25.7 Å². The van der Waals surface area contributed by atoms with E-state index in [0.29, 0.717) is 39.7 Å². The fourth-order valence-corrected chi connectivity index (χ4v) is 4.26. The minimum Gasteiger partial charge on any atom is -0.481 e. The zero-order valence-electron chi connectivity index (χ0n) is 16.2. The second-order valence-electron chi connectivity index (χ2n) is 7.66. The Balaban J connectivity index is 1.76. The number of carbonyl (C=O) groups is 3. The van der Waals surface area contributed by atoms with Crippen LogP contribution in [0.25, 0.3) is 0 Å². The number of anilines is 2. The number of nitrogens with one attached hydrogen (secondary N) is 2. The third kappa shape index (κ3) is 3.75. The molecular weight excluding hydrogens is 368 g/mol. The average Bonchev–Trinajstić information content (AvgIpc) is 2.73. The quantitative estimate of drug-likeness (QED) is 0.585. The van der Waals surface area contributed by atoms with Crippen molar-refractivity contribution in [3.63, 3.8) is 0 Å². The van der Waals surface area contributed by atoms with Crippen LogP contribution in [0.15, 0.2) is 36.4 Å². The number of rotatable bonds is 6. The molecule has 0 aromatic heterocycles. The summed E-state index contributed by atoms with van der Waals surface area (Å²) < 4.78 is 0. The highest BCUT2D eigenvalue weighted by Crippen LogP contribution is 2.37. The maximum absolute atomic E-state index is 13.3. The molecule has 29 heavy (non-hydrogen) atoms. The van der Waals surface area contributed by atoms with Gasteiger partial charge in [-0.15, -0.1) is 0 Å². The second-order valence-corrected chi connectivity index (χ2v) is 7.66. The van der Waals surface area contributed by atoms with Crippen LogP contribution in [0.3, 0.4) is 0 Å². The van der Waals surface area contributed by atoms with Crippen molar-refractivity contribution in [3.05, 3.63) is 58.7 Å². The van der Waals surface area contributed by atoms with Gasteiger partial charge in [-0.3, -0.25) is 14.4 Å². The summed E-state index contributed by atoms with van der Waals surface area (Å²) >= 11 is 0. The summed E-state index contributed by atoms with van der Waals surface area (Å²) in [6.45, 7) is 0.181. The molecule has 150 valence electrons. The maximum atomic E-state index is 13.3. The van der Waals surface area contributed by atoms with Crippen LogP contribution in [0.1, 0.15) is 70.4 Å². The van der Waals surface area contributed by atoms with Gasteiger partial charge < -0.3 is 15.7 Å². The molecule has 2 aliphatic carbocycles. The number of fused-ring (bicyclic) bond motifs is 2. The predicted octanol–water partition coefficient (Wildman–Crippen LogP) is 4.09. The Bertz CT molecular complexity index is 977. The molecule has 2 aromatic rings. The molecule has 1 fully saturated rings. The van der Waals surface area contributed by atoms with Gasteiger partial charge in [0, 0.05) is 35.1 Å². The third-order valence-corrected chi connectivity index (χ3v) is 5.69. The molecule has 0 heterocycles. The van der Waals surface area contributed by atoms with Crippen LogP contribution in [0.5, 0.6) is 0 Å². The average molecular weight is 392 g/mol. The lowest BCUT2D eigenvalue weighted by Gasteiger charge is -2.28. The van der Waals surface area contributed by atoms with Gasteiger partial charge in [0.1, 0.15) is 0 Å². The number of carbonyl (C=O) groups excluding carboxylic acids is 2. The molecule has 3 N–H and O–H groups in total. The molecule has 0 unspecified atom stereocenters. The molecule has 6 nitrogen and oxygen atoms in total. The van der Waals surface area contributed by atoms with Gasteiger partial charge in [-0.25, -0.2) is 0 Å². The van der Waals surface area contributed by atoms with Crippen LogP contribution in [0, 0.1) is 0 Å². The van der Waals surface area contributed by atoms with Gasteiger partial charge in [-0.1, -0.05) is 43.5 Å². The molecule has 0 amide bonds. The van der Waals surface area contributed by atoms with Gasteiger partial charge in [0.15, 0.2) is 11.6 Å². The highest BCUT2D eigenvalue weighted by Gasteiger charge is 2.34. The smallest absolute Gasteiger partial charge is 0.305 e. The molecule has 0 saturated heterocycles. The Morgan fingerprint density at radius 3 is 2.10 bits per heavy atom. The van der Waals surface area contributed by atoms with Gasteiger partial charge in [0.25, 0.3) is 0 Å². The zero-order valence-corrected chi connectivity index (χ0v) is 16.2. The first-order chi connectivity index (χ1) is 14.1. The first-order valence-corrected chi connectivity index (χ1v) is 10.1. The van der Waals surface area contributed by atoms with E-state index < -0.39 is 5.97 Å². The predicted molar refractivity (Wildman–Crippen MR) is 111 cm³/mol. The van der Waals surface area contributed by atoms with E-state index in [-0.39, 0.29) is 24.5 Å². The summed E-state index contributed by atoms with van der Waals surface area (Å²) in [4.78, 5) is 37.5. The number of aliphatic carboxylic acids is 1. The van der Waals surface area contributed by atoms with Gasteiger partial charge >= 0.3 is 5.97 Å². The highest BCUT2D eigenvalue weighted by atomic mass is 16.4. The van der Waals surface area contributed by atoms with Crippen LogP contribution in [0.4, 0.5) is 11.4 Å². The third-order valence-electron chi connectivity index (χ3n) is 5.69. The number of carboxylic acids is 1. The first kappa shape index (κ1) is 19.2. The van der Waals surface area contributed by atoms with Crippen LogP contribution < -0.4 is 10.6 Å². The standard InChI is InChI=1S/C23H24N2O4/c26-19(27)12-13-24-17-10-11-18(25-14-6-2-1-3-7-14)21-20(17)22(28)15-8-4-5-9-16(15)23(21)29/h4-5,8-11,14,24-25H,1-3,6-7,12-13H2,(H,26,27). The molecule has 0 radical (unpaired) electrons. The number of hydrogen-bond donors (Lipinski definition) is 3. The summed E-state index contributed by atoms with van der Waals surface area (Å²) in [5.41, 5.74) is 2.71. The Hall–Kier alpha value is -3.15. The van der Waals surface area contributed by atoms with E-state index in [9.17, 15) is 14.4 Å². The van der Waals surface area contributed by atoms with Crippen LogP contribution in [0.2, 0.25) is 0 Å². The molecule has 4 rings (SSSR count). The minimum absolute atomic E-state index is 0.0738. The van der Waals surface area contributed by atoms with Crippen molar-refractivity contribution in [1.82, 2.24) is 0 Å². The van der Waals surface area contributed by atoms with E-state index >= 15 is 0 Å². The normalized spacial score (nSPS) is 16.1. The van der Waals surface area contributed by atoms with Crippen molar-refractivity contribution in [2.45, 2.75) is 44.6 Å². The molecule has 0 aliphatic heterocycles. The molecule has 6 heteroatoms. The Kier molecular flexibility index (Phi) is 5.34. The first-order valence-electron chi connectivity index (χ1n) is 10.1. The maximum Gasteiger partial charge on any atom is 0.305 e. The van der Waals surface area contributed by atoms with E-state index in [1.165, 1.54) is 6.42 Å². The lowest BCUT2D eigenvalue weighted by Crippen LogP contribution is -2.28. The lowest BCUT2D eigenvalue weighted by atomic mass is 9.82. The SMILES string of the molecule is O=C(O)CCNc1ccc(NC2CCCCC2)c2c1C(=O)c1ccccc1C2=O. The minimum atomic E-state index is -0.922. The highest BCUT2D eigenvalue weighted by molar-refractivity contribution is 6.31. The summed E-state index contributed by atoms with van der Waals surface area (Å²) in [6, 6.07) is 10.8. The topological polar surface area (TPSA) is 95.5 Å². The van der Waals surface area contributed by atoms with Gasteiger partial charge in [0.05, 0.1) is 17.5 Å². The number of hydrogen-bond acceptors (Lipinski definition) is 5. The number of benzene rings is 2. The van der Waals surface area contributed by atoms with E-state index in [4.69, 9.17) is 5.11 Å². The van der Waals surface area contributed by atoms with Crippen molar-refractivity contribution in [2.24, 2.45) is 0 Å². The Labute approximate surface area is 169 Å². The second kappa shape index (κ2) is 8.07. The summed E-state index contributed by atoms with van der Waals surface area (Å²) in [7, 11) is 0. The van der Waals surface area contributed by atoms with Crippen LogP contribution in [-0.2, 0) is 4.79 Å². The molecular formula is C23H24N2O4. The van der Waals surface area contributed by atoms with Crippen LogP contribution in [-0.4, -0.2) is 35.2 Å². The van der Waals surface area contributed by atoms with E-state index in [1.54, 1.807) is 30.3 Å². The molecule has 0 bridgehead atoms. The summed E-state index contributed by atoms with van der Waals surface area (Å²) in [6.07, 6.45) is 5.57. The van der Waals surface area contributed by atoms with Gasteiger partial charge in [-0.05, 0) is 25.0 Å². The Morgan fingerprint density at radius 2 is 1.48 bits per heavy atom. The van der Waals surface area contributed by atoms with Gasteiger partial charge in [-0.2, -0.15) is 0 Å².